The van der Waals surface area contributed by atoms with E-state index in [0.717, 1.165) is 17.7 Å². The molecule has 1 aromatic rings. The zero-order valence-corrected chi connectivity index (χ0v) is 9.27. The molecule has 4 nitrogen and oxygen atoms in total. The Bertz CT molecular complexity index is 392. The first-order chi connectivity index (χ1) is 7.69. The molecule has 16 heavy (non-hydrogen) atoms. The lowest BCUT2D eigenvalue weighted by Crippen LogP contribution is -2.42. The molecular formula is C12H16N2O2. The smallest absolute Gasteiger partial charge is 0.222 e. The van der Waals surface area contributed by atoms with Crippen molar-refractivity contribution in [2.75, 3.05) is 7.11 Å². The minimum absolute atomic E-state index is 0.00588. The number of amides is 1. The minimum Gasteiger partial charge on any atom is -0.497 e. The predicted octanol–water partition coefficient (Wildman–Crippen LogP) is 0.974. The maximum Gasteiger partial charge on any atom is 0.222 e. The number of nitrogens with two attached hydrogens (primary N) is 1. The van der Waals surface area contributed by atoms with Crippen molar-refractivity contribution >= 4 is 5.91 Å². The average molecular weight is 220 g/mol. The van der Waals surface area contributed by atoms with Crippen molar-refractivity contribution in [2.45, 2.75) is 24.9 Å². The number of carbonyl (C=O) groups excluding carboxylic acids is 1. The van der Waals surface area contributed by atoms with Gasteiger partial charge in [-0.2, -0.15) is 0 Å². The molecule has 0 radical (unpaired) electrons. The maximum atomic E-state index is 11.4. The first-order valence-electron chi connectivity index (χ1n) is 5.38. The Morgan fingerprint density at radius 3 is 3.00 bits per heavy atom. The summed E-state index contributed by atoms with van der Waals surface area (Å²) >= 11 is 0. The van der Waals surface area contributed by atoms with E-state index in [-0.39, 0.29) is 18.0 Å². The van der Waals surface area contributed by atoms with E-state index in [9.17, 15) is 4.79 Å². The van der Waals surface area contributed by atoms with E-state index < -0.39 is 0 Å². The standard InChI is InChI=1S/C12H16N2O2/c1-16-10-4-2-3-8(5-10)11-6-9(13)7-12(15)14-11/h2-5,9,11H,6-7,13H2,1H3,(H,14,15). The van der Waals surface area contributed by atoms with Crippen molar-refractivity contribution in [3.63, 3.8) is 0 Å². The van der Waals surface area contributed by atoms with E-state index >= 15 is 0 Å². The Hall–Kier alpha value is -1.55. The molecule has 1 aliphatic heterocycles. The predicted molar refractivity (Wildman–Crippen MR) is 61.1 cm³/mol. The van der Waals surface area contributed by atoms with Gasteiger partial charge in [-0.1, -0.05) is 12.1 Å². The Labute approximate surface area is 94.8 Å². The number of rotatable bonds is 2. The van der Waals surface area contributed by atoms with Crippen LogP contribution in [0.15, 0.2) is 24.3 Å². The van der Waals surface area contributed by atoms with Gasteiger partial charge in [0.05, 0.1) is 13.2 Å². The molecule has 1 amide bonds. The third-order valence-corrected chi connectivity index (χ3v) is 2.82. The molecule has 0 aromatic heterocycles. The number of carbonyl (C=O) groups is 1. The van der Waals surface area contributed by atoms with Crippen LogP contribution in [0.3, 0.4) is 0 Å². The van der Waals surface area contributed by atoms with Gasteiger partial charge in [0.1, 0.15) is 5.75 Å². The van der Waals surface area contributed by atoms with Crippen molar-refractivity contribution in [3.8, 4) is 5.75 Å². The van der Waals surface area contributed by atoms with E-state index in [0.29, 0.717) is 6.42 Å². The average Bonchev–Trinajstić information content (AvgIpc) is 2.28. The normalized spacial score (nSPS) is 25.0. The van der Waals surface area contributed by atoms with Crippen LogP contribution in [0, 0.1) is 0 Å². The lowest BCUT2D eigenvalue weighted by Gasteiger charge is -2.28. The monoisotopic (exact) mass is 220 g/mol. The molecule has 2 rings (SSSR count). The summed E-state index contributed by atoms with van der Waals surface area (Å²) in [5.41, 5.74) is 6.88. The molecular weight excluding hydrogens is 204 g/mol. The molecule has 0 aliphatic carbocycles. The molecule has 3 N–H and O–H groups in total. The van der Waals surface area contributed by atoms with E-state index in [1.54, 1.807) is 7.11 Å². The van der Waals surface area contributed by atoms with Crippen LogP contribution in [-0.4, -0.2) is 19.1 Å². The van der Waals surface area contributed by atoms with Crippen LogP contribution in [-0.2, 0) is 4.79 Å². The third-order valence-electron chi connectivity index (χ3n) is 2.82. The van der Waals surface area contributed by atoms with Crippen molar-refractivity contribution in [1.82, 2.24) is 5.32 Å². The highest BCUT2D eigenvalue weighted by Gasteiger charge is 2.25. The first kappa shape index (κ1) is 11.0. The summed E-state index contributed by atoms with van der Waals surface area (Å²) in [6.45, 7) is 0. The Balaban J connectivity index is 2.19. The van der Waals surface area contributed by atoms with Gasteiger partial charge in [0.2, 0.25) is 5.91 Å². The summed E-state index contributed by atoms with van der Waals surface area (Å²) in [6.07, 6.45) is 1.19. The molecule has 0 bridgehead atoms. The van der Waals surface area contributed by atoms with Crippen molar-refractivity contribution < 1.29 is 9.53 Å². The summed E-state index contributed by atoms with van der Waals surface area (Å²) in [7, 11) is 1.63. The fraction of sp³-hybridized carbons (Fsp3) is 0.417. The second-order valence-corrected chi connectivity index (χ2v) is 4.10. The quantitative estimate of drug-likeness (QED) is 0.780. The topological polar surface area (TPSA) is 64.3 Å². The molecule has 1 saturated heterocycles. The molecule has 4 heteroatoms. The Kier molecular flexibility index (Phi) is 3.10. The SMILES string of the molecule is COc1cccc(C2CC(N)CC(=O)N2)c1. The summed E-state index contributed by atoms with van der Waals surface area (Å²) in [5, 5.41) is 2.94. The third kappa shape index (κ3) is 2.33. The number of methoxy groups -OCH3 is 1. The van der Waals surface area contributed by atoms with Crippen LogP contribution >= 0.6 is 0 Å². The van der Waals surface area contributed by atoms with Gasteiger partial charge in [-0.15, -0.1) is 0 Å². The van der Waals surface area contributed by atoms with Crippen LogP contribution < -0.4 is 15.8 Å². The maximum absolute atomic E-state index is 11.4. The zero-order chi connectivity index (χ0) is 11.5. The summed E-state index contributed by atoms with van der Waals surface area (Å²) in [6, 6.07) is 7.67. The number of benzene rings is 1. The fourth-order valence-electron chi connectivity index (χ4n) is 2.01. The largest absolute Gasteiger partial charge is 0.497 e. The highest BCUT2D eigenvalue weighted by atomic mass is 16.5. The van der Waals surface area contributed by atoms with Gasteiger partial charge in [0, 0.05) is 12.5 Å². The van der Waals surface area contributed by atoms with Gasteiger partial charge in [0.25, 0.3) is 0 Å². The van der Waals surface area contributed by atoms with Gasteiger partial charge in [0.15, 0.2) is 0 Å². The van der Waals surface area contributed by atoms with E-state index in [1.165, 1.54) is 0 Å². The molecule has 0 spiro atoms. The Morgan fingerprint density at radius 1 is 1.50 bits per heavy atom. The summed E-state index contributed by atoms with van der Waals surface area (Å²) in [4.78, 5) is 11.4. The minimum atomic E-state index is -0.0510. The molecule has 86 valence electrons. The lowest BCUT2D eigenvalue weighted by molar-refractivity contribution is -0.123. The second-order valence-electron chi connectivity index (χ2n) is 4.10. The molecule has 2 unspecified atom stereocenters. The van der Waals surface area contributed by atoms with Crippen LogP contribution in [0.5, 0.6) is 5.75 Å². The molecule has 1 fully saturated rings. The van der Waals surface area contributed by atoms with Gasteiger partial charge < -0.3 is 15.8 Å². The lowest BCUT2D eigenvalue weighted by atomic mass is 9.94. The van der Waals surface area contributed by atoms with Crippen LogP contribution in [0.4, 0.5) is 0 Å². The Morgan fingerprint density at radius 2 is 2.31 bits per heavy atom. The number of hydrogen-bond donors (Lipinski definition) is 2. The number of ether oxygens (including phenoxy) is 1. The number of piperidine rings is 1. The summed E-state index contributed by atoms with van der Waals surface area (Å²) in [5.74, 6) is 0.817. The van der Waals surface area contributed by atoms with Gasteiger partial charge in [-0.3, -0.25) is 4.79 Å². The van der Waals surface area contributed by atoms with Crippen LogP contribution in [0.2, 0.25) is 0 Å². The van der Waals surface area contributed by atoms with Crippen LogP contribution in [0.25, 0.3) is 0 Å². The van der Waals surface area contributed by atoms with Crippen molar-refractivity contribution in [1.29, 1.82) is 0 Å². The van der Waals surface area contributed by atoms with Gasteiger partial charge >= 0.3 is 0 Å². The van der Waals surface area contributed by atoms with Gasteiger partial charge in [-0.25, -0.2) is 0 Å². The zero-order valence-electron chi connectivity index (χ0n) is 9.27. The van der Waals surface area contributed by atoms with Crippen LogP contribution in [0.1, 0.15) is 24.4 Å². The molecule has 2 atom stereocenters. The molecule has 1 aromatic carbocycles. The highest BCUT2D eigenvalue weighted by Crippen LogP contribution is 2.25. The van der Waals surface area contributed by atoms with Crippen molar-refractivity contribution in [3.05, 3.63) is 29.8 Å². The second kappa shape index (κ2) is 4.53. The van der Waals surface area contributed by atoms with Crippen molar-refractivity contribution in [2.24, 2.45) is 5.73 Å². The number of nitrogens with one attached hydrogen (secondary N) is 1. The van der Waals surface area contributed by atoms with E-state index in [4.69, 9.17) is 10.5 Å². The molecule has 0 saturated carbocycles. The highest BCUT2D eigenvalue weighted by molar-refractivity contribution is 5.78. The molecule has 1 heterocycles. The van der Waals surface area contributed by atoms with Gasteiger partial charge in [-0.05, 0) is 24.1 Å². The molecule has 1 aliphatic rings. The van der Waals surface area contributed by atoms with E-state index in [1.807, 2.05) is 24.3 Å². The summed E-state index contributed by atoms with van der Waals surface area (Å²) < 4.78 is 5.16. The first-order valence-corrected chi connectivity index (χ1v) is 5.38. The van der Waals surface area contributed by atoms with E-state index in [2.05, 4.69) is 5.32 Å². The fourth-order valence-corrected chi connectivity index (χ4v) is 2.01. The number of hydrogen-bond acceptors (Lipinski definition) is 3.